The lowest BCUT2D eigenvalue weighted by Crippen LogP contribution is -2.42. The third-order valence-electron chi connectivity index (χ3n) is 2.82. The highest BCUT2D eigenvalue weighted by Crippen LogP contribution is 2.14. The van der Waals surface area contributed by atoms with Gasteiger partial charge >= 0.3 is 0 Å². The fourth-order valence-corrected chi connectivity index (χ4v) is 1.90. The van der Waals surface area contributed by atoms with Gasteiger partial charge in [-0.25, -0.2) is 0 Å². The first-order chi connectivity index (χ1) is 9.15. The molecule has 0 spiro atoms. The number of benzene rings is 1. The number of nitrogens with zero attached hydrogens (tertiary/aromatic N) is 1. The average molecular weight is 276 g/mol. The summed E-state index contributed by atoms with van der Waals surface area (Å²) in [4.78, 5) is 11.8. The Kier molecular flexibility index (Phi) is 4.53. The maximum Gasteiger partial charge on any atom is 0.286 e. The van der Waals surface area contributed by atoms with Gasteiger partial charge in [0.05, 0.1) is 0 Å². The number of hydrogen-bond acceptors (Lipinski definition) is 1. The van der Waals surface area contributed by atoms with Gasteiger partial charge in [-0.15, -0.1) is 0 Å². The summed E-state index contributed by atoms with van der Waals surface area (Å²) >= 11 is 6.03. The molecule has 1 aromatic heterocycles. The van der Waals surface area contributed by atoms with E-state index in [4.69, 9.17) is 11.6 Å². The summed E-state index contributed by atoms with van der Waals surface area (Å²) in [6.07, 6.45) is 3.79. The van der Waals surface area contributed by atoms with E-state index in [9.17, 15) is 4.79 Å². The molecule has 0 unspecified atom stereocenters. The first-order valence-electron chi connectivity index (χ1n) is 6.11. The second-order valence-corrected chi connectivity index (χ2v) is 4.82. The zero-order valence-electron chi connectivity index (χ0n) is 10.8. The summed E-state index contributed by atoms with van der Waals surface area (Å²) in [6.45, 7) is 2.78. The quantitative estimate of drug-likeness (QED) is 0.853. The largest absolute Gasteiger partial charge is 0.346 e. The van der Waals surface area contributed by atoms with Crippen molar-refractivity contribution in [1.29, 1.82) is 0 Å². The zero-order valence-corrected chi connectivity index (χ0v) is 11.5. The van der Waals surface area contributed by atoms with Crippen molar-refractivity contribution in [1.82, 2.24) is 5.32 Å². The Morgan fingerprint density at radius 2 is 1.89 bits per heavy atom. The summed E-state index contributed by atoms with van der Waals surface area (Å²) in [5.41, 5.74) is 2.10. The van der Waals surface area contributed by atoms with Crippen molar-refractivity contribution in [2.75, 3.05) is 0 Å². The average Bonchev–Trinajstić information content (AvgIpc) is 2.40. The molecule has 0 aliphatic carbocycles. The minimum absolute atomic E-state index is 0.0335. The molecule has 3 nitrogen and oxygen atoms in total. The van der Waals surface area contributed by atoms with Gasteiger partial charge < -0.3 is 5.32 Å². The number of hydrogen-bond donors (Lipinski definition) is 1. The molecule has 4 heteroatoms. The van der Waals surface area contributed by atoms with Crippen LogP contribution in [0.15, 0.2) is 48.8 Å². The second kappa shape index (κ2) is 6.34. The first kappa shape index (κ1) is 13.6. The molecule has 1 aromatic carbocycles. The number of nitrogens with one attached hydrogen (secondary N) is 1. The van der Waals surface area contributed by atoms with Crippen LogP contribution in [0.5, 0.6) is 0 Å². The van der Waals surface area contributed by atoms with E-state index in [1.54, 1.807) is 0 Å². The number of amides is 1. The molecule has 0 saturated heterocycles. The number of carbonyl (C=O) groups is 1. The van der Waals surface area contributed by atoms with Gasteiger partial charge in [0.2, 0.25) is 6.54 Å². The van der Waals surface area contributed by atoms with Gasteiger partial charge in [-0.1, -0.05) is 29.8 Å². The predicted octanol–water partition coefficient (Wildman–Crippen LogP) is 2.25. The van der Waals surface area contributed by atoms with Gasteiger partial charge in [-0.2, -0.15) is 4.57 Å². The molecule has 0 radical (unpaired) electrons. The monoisotopic (exact) mass is 275 g/mol. The van der Waals surface area contributed by atoms with Crippen molar-refractivity contribution in [3.05, 3.63) is 64.9 Å². The number of halogens is 1. The SMILES string of the molecule is Cc1cc[n+](CC(=O)NCc2ccccc2Cl)cc1. The van der Waals surface area contributed by atoms with E-state index in [0.29, 0.717) is 18.1 Å². The highest BCUT2D eigenvalue weighted by atomic mass is 35.5. The summed E-state index contributed by atoms with van der Waals surface area (Å²) < 4.78 is 1.84. The van der Waals surface area contributed by atoms with Gasteiger partial charge in [-0.3, -0.25) is 4.79 Å². The summed E-state index contributed by atoms with van der Waals surface area (Å²) in [5.74, 6) is -0.0335. The highest BCUT2D eigenvalue weighted by molar-refractivity contribution is 6.31. The Labute approximate surface area is 117 Å². The van der Waals surface area contributed by atoms with Crippen LogP contribution in [0.4, 0.5) is 0 Å². The van der Waals surface area contributed by atoms with Crippen LogP contribution in [0.3, 0.4) is 0 Å². The number of aromatic nitrogens is 1. The van der Waals surface area contributed by atoms with E-state index in [2.05, 4.69) is 5.32 Å². The van der Waals surface area contributed by atoms with E-state index in [1.165, 1.54) is 5.56 Å². The minimum atomic E-state index is -0.0335. The lowest BCUT2D eigenvalue weighted by molar-refractivity contribution is -0.684. The lowest BCUT2D eigenvalue weighted by atomic mass is 10.2. The van der Waals surface area contributed by atoms with Gasteiger partial charge in [0.15, 0.2) is 12.4 Å². The Morgan fingerprint density at radius 1 is 1.21 bits per heavy atom. The maximum absolute atomic E-state index is 11.8. The number of carbonyl (C=O) groups excluding carboxylic acids is 1. The number of pyridine rings is 1. The molecule has 2 aromatic rings. The normalized spacial score (nSPS) is 10.2. The molecule has 0 aliphatic rings. The van der Waals surface area contributed by atoms with Crippen LogP contribution >= 0.6 is 11.6 Å². The van der Waals surface area contributed by atoms with Crippen molar-refractivity contribution in [2.45, 2.75) is 20.0 Å². The lowest BCUT2D eigenvalue weighted by Gasteiger charge is -2.05. The van der Waals surface area contributed by atoms with Crippen LogP contribution in [0.2, 0.25) is 5.02 Å². The van der Waals surface area contributed by atoms with Gasteiger partial charge in [0.25, 0.3) is 5.91 Å². The third kappa shape index (κ3) is 4.07. The van der Waals surface area contributed by atoms with E-state index in [0.717, 1.165) is 5.56 Å². The van der Waals surface area contributed by atoms with Gasteiger partial charge in [0.1, 0.15) is 0 Å². The molecule has 2 rings (SSSR count). The molecule has 0 bridgehead atoms. The van der Waals surface area contributed by atoms with Crippen LogP contribution in [0.1, 0.15) is 11.1 Å². The van der Waals surface area contributed by atoms with Crippen molar-refractivity contribution in [2.24, 2.45) is 0 Å². The second-order valence-electron chi connectivity index (χ2n) is 4.42. The number of aryl methyl sites for hydroxylation is 1. The van der Waals surface area contributed by atoms with E-state index < -0.39 is 0 Å². The van der Waals surface area contributed by atoms with Crippen LogP contribution in [-0.2, 0) is 17.9 Å². The Balaban J connectivity index is 1.88. The molecule has 0 aliphatic heterocycles. The molecule has 19 heavy (non-hydrogen) atoms. The number of rotatable bonds is 4. The highest BCUT2D eigenvalue weighted by Gasteiger charge is 2.09. The summed E-state index contributed by atoms with van der Waals surface area (Å²) in [7, 11) is 0. The molecule has 98 valence electrons. The van der Waals surface area contributed by atoms with Crippen LogP contribution in [0, 0.1) is 6.92 Å². The minimum Gasteiger partial charge on any atom is -0.346 e. The van der Waals surface area contributed by atoms with Crippen molar-refractivity contribution < 1.29 is 9.36 Å². The smallest absolute Gasteiger partial charge is 0.286 e. The van der Waals surface area contributed by atoms with E-state index in [1.807, 2.05) is 60.3 Å². The Morgan fingerprint density at radius 3 is 2.58 bits per heavy atom. The van der Waals surface area contributed by atoms with Crippen molar-refractivity contribution in [3.63, 3.8) is 0 Å². The fraction of sp³-hybridized carbons (Fsp3) is 0.200. The first-order valence-corrected chi connectivity index (χ1v) is 6.49. The van der Waals surface area contributed by atoms with Gasteiger partial charge in [-0.05, 0) is 24.1 Å². The van der Waals surface area contributed by atoms with Crippen molar-refractivity contribution in [3.8, 4) is 0 Å². The summed E-state index contributed by atoms with van der Waals surface area (Å²) in [5, 5.41) is 3.53. The molecule has 1 heterocycles. The van der Waals surface area contributed by atoms with E-state index in [-0.39, 0.29) is 5.91 Å². The van der Waals surface area contributed by atoms with Gasteiger partial charge in [0, 0.05) is 23.7 Å². The van der Waals surface area contributed by atoms with Crippen molar-refractivity contribution >= 4 is 17.5 Å². The maximum atomic E-state index is 11.8. The Hall–Kier alpha value is -1.87. The topological polar surface area (TPSA) is 33.0 Å². The molecule has 0 atom stereocenters. The molecule has 1 amide bonds. The van der Waals surface area contributed by atoms with Crippen LogP contribution in [0.25, 0.3) is 0 Å². The van der Waals surface area contributed by atoms with Crippen LogP contribution < -0.4 is 9.88 Å². The molecule has 1 N–H and O–H groups in total. The fourth-order valence-electron chi connectivity index (χ4n) is 1.69. The zero-order chi connectivity index (χ0) is 13.7. The summed E-state index contributed by atoms with van der Waals surface area (Å²) in [6, 6.07) is 11.4. The molecular weight excluding hydrogens is 260 g/mol. The third-order valence-corrected chi connectivity index (χ3v) is 3.19. The molecule has 0 fully saturated rings. The van der Waals surface area contributed by atoms with Crippen LogP contribution in [-0.4, -0.2) is 5.91 Å². The molecular formula is C15H16ClN2O+. The predicted molar refractivity (Wildman–Crippen MR) is 74.7 cm³/mol. The molecule has 0 saturated carbocycles. The van der Waals surface area contributed by atoms with E-state index >= 15 is 0 Å². The standard InChI is InChI=1S/C15H15ClN2O/c1-12-6-8-18(9-7-12)11-15(19)17-10-13-4-2-3-5-14(13)16/h2-9H,10-11H2,1H3/p+1. The Bertz CT molecular complexity index is 567.